The van der Waals surface area contributed by atoms with E-state index >= 15 is 0 Å². The fourth-order valence-corrected chi connectivity index (χ4v) is 3.46. The molecule has 0 unspecified atom stereocenters. The van der Waals surface area contributed by atoms with Crippen molar-refractivity contribution in [3.8, 4) is 0 Å². The van der Waals surface area contributed by atoms with Crippen molar-refractivity contribution in [3.63, 3.8) is 0 Å². The minimum absolute atomic E-state index is 0.180. The fraction of sp³-hybridized carbons (Fsp3) is 0.286. The predicted molar refractivity (Wildman–Crippen MR) is 107 cm³/mol. The highest BCUT2D eigenvalue weighted by Crippen LogP contribution is 2.23. The summed E-state index contributed by atoms with van der Waals surface area (Å²) in [6, 6.07) is 13.1. The third-order valence-corrected chi connectivity index (χ3v) is 5.13. The molecule has 0 fully saturated rings. The number of pyridine rings is 1. The topological polar surface area (TPSA) is 59.5 Å². The van der Waals surface area contributed by atoms with Gasteiger partial charge >= 0.3 is 5.97 Å². The highest BCUT2D eigenvalue weighted by Gasteiger charge is 2.18. The SMILES string of the molecule is CC(C)c1cc(C(=O)OCC(=O)N(C)Cc2cccs2)c2ccccc2n1. The first kappa shape index (κ1) is 19.0. The average molecular weight is 382 g/mol. The molecule has 3 aromatic rings. The number of hydrogen-bond acceptors (Lipinski definition) is 5. The van der Waals surface area contributed by atoms with Crippen molar-refractivity contribution in [1.29, 1.82) is 0 Å². The molecule has 0 aliphatic carbocycles. The molecule has 2 aromatic heterocycles. The van der Waals surface area contributed by atoms with Crippen molar-refractivity contribution < 1.29 is 14.3 Å². The Hall–Kier alpha value is -2.73. The highest BCUT2D eigenvalue weighted by molar-refractivity contribution is 7.09. The Labute approximate surface area is 162 Å². The molecular weight excluding hydrogens is 360 g/mol. The van der Waals surface area contributed by atoms with Gasteiger partial charge < -0.3 is 9.64 Å². The van der Waals surface area contributed by atoms with Crippen LogP contribution in [0.1, 0.15) is 40.7 Å². The zero-order valence-corrected chi connectivity index (χ0v) is 16.5. The maximum Gasteiger partial charge on any atom is 0.339 e. The van der Waals surface area contributed by atoms with Crippen molar-refractivity contribution in [3.05, 3.63) is 64.0 Å². The lowest BCUT2D eigenvalue weighted by Gasteiger charge is -2.16. The van der Waals surface area contributed by atoms with E-state index in [1.54, 1.807) is 29.4 Å². The quantitative estimate of drug-likeness (QED) is 0.599. The largest absolute Gasteiger partial charge is 0.452 e. The Morgan fingerprint density at radius 3 is 2.67 bits per heavy atom. The number of para-hydroxylation sites is 1. The number of carbonyl (C=O) groups is 2. The molecule has 0 bridgehead atoms. The predicted octanol–water partition coefficient (Wildman–Crippen LogP) is 4.24. The van der Waals surface area contributed by atoms with Crippen LogP contribution in [0.5, 0.6) is 0 Å². The van der Waals surface area contributed by atoms with Crippen LogP contribution in [0.4, 0.5) is 0 Å². The van der Waals surface area contributed by atoms with E-state index in [0.717, 1.165) is 21.5 Å². The fourth-order valence-electron chi connectivity index (χ4n) is 2.70. The summed E-state index contributed by atoms with van der Waals surface area (Å²) in [6.07, 6.45) is 0. The van der Waals surface area contributed by atoms with E-state index in [2.05, 4.69) is 4.98 Å². The van der Waals surface area contributed by atoms with Crippen LogP contribution in [0, 0.1) is 0 Å². The minimum atomic E-state index is -0.506. The van der Waals surface area contributed by atoms with E-state index in [1.807, 2.05) is 55.6 Å². The molecule has 0 atom stereocenters. The lowest BCUT2D eigenvalue weighted by Crippen LogP contribution is -2.30. The smallest absolute Gasteiger partial charge is 0.339 e. The van der Waals surface area contributed by atoms with Crippen molar-refractivity contribution in [2.45, 2.75) is 26.3 Å². The molecule has 0 aliphatic rings. The van der Waals surface area contributed by atoms with Gasteiger partial charge in [-0.2, -0.15) is 0 Å². The molecule has 1 aromatic carbocycles. The van der Waals surface area contributed by atoms with Crippen LogP contribution in [-0.4, -0.2) is 35.4 Å². The molecule has 2 heterocycles. The first-order valence-corrected chi connectivity index (χ1v) is 9.67. The number of benzene rings is 1. The van der Waals surface area contributed by atoms with Gasteiger partial charge in [-0.3, -0.25) is 9.78 Å². The van der Waals surface area contributed by atoms with E-state index in [0.29, 0.717) is 12.1 Å². The molecular formula is C21H22N2O3S. The molecule has 0 saturated heterocycles. The van der Waals surface area contributed by atoms with Gasteiger partial charge in [0.25, 0.3) is 5.91 Å². The van der Waals surface area contributed by atoms with Crippen LogP contribution in [0.15, 0.2) is 47.8 Å². The third kappa shape index (κ3) is 4.52. The number of nitrogens with zero attached hydrogens (tertiary/aromatic N) is 2. The zero-order chi connectivity index (χ0) is 19.4. The highest BCUT2D eigenvalue weighted by atomic mass is 32.1. The minimum Gasteiger partial charge on any atom is -0.452 e. The van der Waals surface area contributed by atoms with Gasteiger partial charge in [-0.25, -0.2) is 4.79 Å². The molecule has 6 heteroatoms. The van der Waals surface area contributed by atoms with Gasteiger partial charge in [0.15, 0.2) is 6.61 Å². The van der Waals surface area contributed by atoms with E-state index in [4.69, 9.17) is 4.74 Å². The molecule has 3 rings (SSSR count). The van der Waals surface area contributed by atoms with Gasteiger partial charge in [-0.05, 0) is 29.5 Å². The number of fused-ring (bicyclic) bond motifs is 1. The van der Waals surface area contributed by atoms with E-state index in [9.17, 15) is 9.59 Å². The number of carbonyl (C=O) groups excluding carboxylic acids is 2. The summed E-state index contributed by atoms with van der Waals surface area (Å²) < 4.78 is 5.32. The maximum atomic E-state index is 12.7. The normalized spacial score (nSPS) is 11.0. The third-order valence-electron chi connectivity index (χ3n) is 4.27. The van der Waals surface area contributed by atoms with Crippen LogP contribution in [0.2, 0.25) is 0 Å². The summed E-state index contributed by atoms with van der Waals surface area (Å²) in [5.74, 6) is -0.563. The van der Waals surface area contributed by atoms with E-state index < -0.39 is 5.97 Å². The zero-order valence-electron chi connectivity index (χ0n) is 15.6. The van der Waals surface area contributed by atoms with Gasteiger partial charge in [0.05, 0.1) is 17.6 Å². The number of aromatic nitrogens is 1. The van der Waals surface area contributed by atoms with Crippen molar-refractivity contribution >= 4 is 34.1 Å². The van der Waals surface area contributed by atoms with Crippen LogP contribution in [0.3, 0.4) is 0 Å². The number of esters is 1. The number of hydrogen-bond donors (Lipinski definition) is 0. The molecule has 1 amide bonds. The van der Waals surface area contributed by atoms with Gasteiger partial charge in [0.2, 0.25) is 0 Å². The summed E-state index contributed by atoms with van der Waals surface area (Å²) in [7, 11) is 1.70. The molecule has 140 valence electrons. The molecule has 0 spiro atoms. The van der Waals surface area contributed by atoms with Gasteiger partial charge in [0.1, 0.15) is 0 Å². The second kappa shape index (κ2) is 8.31. The van der Waals surface area contributed by atoms with Gasteiger partial charge in [-0.15, -0.1) is 11.3 Å². The monoisotopic (exact) mass is 382 g/mol. The maximum absolute atomic E-state index is 12.7. The molecule has 27 heavy (non-hydrogen) atoms. The van der Waals surface area contributed by atoms with Gasteiger partial charge in [-0.1, -0.05) is 38.1 Å². The van der Waals surface area contributed by atoms with Crippen LogP contribution in [0.25, 0.3) is 10.9 Å². The lowest BCUT2D eigenvalue weighted by molar-refractivity contribution is -0.133. The summed E-state index contributed by atoms with van der Waals surface area (Å²) >= 11 is 1.59. The van der Waals surface area contributed by atoms with Crippen LogP contribution >= 0.6 is 11.3 Å². The van der Waals surface area contributed by atoms with Gasteiger partial charge in [0, 0.05) is 23.0 Å². The second-order valence-electron chi connectivity index (χ2n) is 6.67. The number of rotatable bonds is 6. The Kier molecular flexibility index (Phi) is 5.86. The Morgan fingerprint density at radius 1 is 1.19 bits per heavy atom. The summed E-state index contributed by atoms with van der Waals surface area (Å²) in [4.78, 5) is 32.2. The summed E-state index contributed by atoms with van der Waals surface area (Å²) in [5, 5.41) is 2.69. The van der Waals surface area contributed by atoms with E-state index in [-0.39, 0.29) is 18.4 Å². The van der Waals surface area contributed by atoms with Crippen molar-refractivity contribution in [2.75, 3.05) is 13.7 Å². The lowest BCUT2D eigenvalue weighted by atomic mass is 10.0. The first-order valence-electron chi connectivity index (χ1n) is 8.79. The molecule has 0 radical (unpaired) electrons. The Bertz CT molecular complexity index is 951. The molecule has 0 saturated carbocycles. The number of amides is 1. The molecule has 0 N–H and O–H groups in total. The van der Waals surface area contributed by atoms with Crippen molar-refractivity contribution in [1.82, 2.24) is 9.88 Å². The number of ether oxygens (including phenoxy) is 1. The molecule has 5 nitrogen and oxygen atoms in total. The number of thiophene rings is 1. The summed E-state index contributed by atoms with van der Waals surface area (Å²) in [5.41, 5.74) is 2.01. The Morgan fingerprint density at radius 2 is 1.96 bits per heavy atom. The Balaban J connectivity index is 1.73. The number of likely N-dealkylation sites (N-methyl/N-ethyl adjacent to an activating group) is 1. The second-order valence-corrected chi connectivity index (χ2v) is 7.70. The van der Waals surface area contributed by atoms with Crippen molar-refractivity contribution in [2.24, 2.45) is 0 Å². The van der Waals surface area contributed by atoms with Crippen LogP contribution in [-0.2, 0) is 16.1 Å². The summed E-state index contributed by atoms with van der Waals surface area (Å²) in [6.45, 7) is 4.27. The molecule has 0 aliphatic heterocycles. The average Bonchev–Trinajstić information content (AvgIpc) is 3.17. The van der Waals surface area contributed by atoms with Crippen LogP contribution < -0.4 is 0 Å². The standard InChI is InChI=1S/C21H22N2O3S/c1-14(2)19-11-17(16-8-4-5-9-18(16)22-19)21(25)26-13-20(24)23(3)12-15-7-6-10-27-15/h4-11,14H,12-13H2,1-3H3. The van der Waals surface area contributed by atoms with E-state index in [1.165, 1.54) is 0 Å². The first-order chi connectivity index (χ1) is 13.0.